The lowest BCUT2D eigenvalue weighted by Crippen LogP contribution is -2.64. The molecule has 3 fully saturated rings. The van der Waals surface area contributed by atoms with Gasteiger partial charge in [0.25, 0.3) is 11.7 Å². The number of methoxy groups -OCH3 is 2. The van der Waals surface area contributed by atoms with E-state index in [4.69, 9.17) is 23.7 Å². The average Bonchev–Trinajstić information content (AvgIpc) is 3.23. The summed E-state index contributed by atoms with van der Waals surface area (Å²) in [6.07, 6.45) is 3.02. The Bertz CT molecular complexity index is 1570. The first-order valence-corrected chi connectivity index (χ1v) is 22.1. The Balaban J connectivity index is 1.77. The highest BCUT2D eigenvalue weighted by Crippen LogP contribution is 2.39. The van der Waals surface area contributed by atoms with Gasteiger partial charge >= 0.3 is 5.97 Å². The van der Waals surface area contributed by atoms with Gasteiger partial charge in [0.15, 0.2) is 0 Å². The van der Waals surface area contributed by atoms with E-state index in [0.717, 1.165) is 4.90 Å². The molecule has 0 spiro atoms. The lowest BCUT2D eigenvalue weighted by molar-refractivity contribution is -0.302. The molecule has 340 valence electrons. The maximum atomic E-state index is 16.2. The van der Waals surface area contributed by atoms with Crippen LogP contribution >= 0.6 is 0 Å². The molecule has 13 nitrogen and oxygen atoms in total. The predicted octanol–water partition coefficient (Wildman–Crippen LogP) is 5.37. The van der Waals surface area contributed by atoms with Crippen LogP contribution in [0.1, 0.15) is 113 Å². The third kappa shape index (κ3) is 11.8. The number of rotatable bonds is 8. The molecule has 3 heterocycles. The molecule has 0 aromatic heterocycles. The zero-order valence-electron chi connectivity index (χ0n) is 37.2. The van der Waals surface area contributed by atoms with Gasteiger partial charge in [-0.05, 0) is 102 Å². The number of esters is 1. The molecule has 0 aromatic rings. The van der Waals surface area contributed by atoms with Crippen LogP contribution in [0.25, 0.3) is 0 Å². The summed E-state index contributed by atoms with van der Waals surface area (Å²) in [7, 11) is 2.88. The summed E-state index contributed by atoms with van der Waals surface area (Å²) in [6, 6.07) is -1.18. The molecule has 2 bridgehead atoms. The van der Waals surface area contributed by atoms with Gasteiger partial charge in [0.2, 0.25) is 5.79 Å². The van der Waals surface area contributed by atoms with E-state index in [1.54, 1.807) is 40.7 Å². The molecule has 3 aliphatic heterocycles. The van der Waals surface area contributed by atoms with Crippen LogP contribution in [0.2, 0.25) is 0 Å². The van der Waals surface area contributed by atoms with Gasteiger partial charge in [-0.1, -0.05) is 52.0 Å². The van der Waals surface area contributed by atoms with Gasteiger partial charge in [-0.25, -0.2) is 9.18 Å². The first-order valence-electron chi connectivity index (χ1n) is 22.1. The van der Waals surface area contributed by atoms with Crippen LogP contribution in [-0.4, -0.2) is 132 Å². The molecular formula is C46H72FNO12. The Morgan fingerprint density at radius 1 is 0.983 bits per heavy atom. The van der Waals surface area contributed by atoms with Crippen LogP contribution in [0.5, 0.6) is 0 Å². The number of aliphatic hydroxyl groups is 3. The van der Waals surface area contributed by atoms with Crippen molar-refractivity contribution >= 4 is 23.4 Å². The molecule has 60 heavy (non-hydrogen) atoms. The van der Waals surface area contributed by atoms with Gasteiger partial charge < -0.3 is 43.9 Å². The molecule has 1 aliphatic carbocycles. The van der Waals surface area contributed by atoms with E-state index in [2.05, 4.69) is 0 Å². The topological polar surface area (TPSA) is 178 Å². The quantitative estimate of drug-likeness (QED) is 0.162. The maximum Gasteiger partial charge on any atom is 0.329 e. The van der Waals surface area contributed by atoms with Crippen molar-refractivity contribution < 1.29 is 62.6 Å². The van der Waals surface area contributed by atoms with Gasteiger partial charge in [-0.15, -0.1) is 0 Å². The van der Waals surface area contributed by atoms with Gasteiger partial charge in [-0.3, -0.25) is 14.4 Å². The minimum absolute atomic E-state index is 0.0466. The zero-order valence-corrected chi connectivity index (χ0v) is 37.2. The number of cyclic esters (lactones) is 1. The summed E-state index contributed by atoms with van der Waals surface area (Å²) in [5, 5.41) is 34.4. The molecule has 15 unspecified atom stereocenters. The van der Waals surface area contributed by atoms with Crippen molar-refractivity contribution in [2.24, 2.45) is 29.6 Å². The number of nitrogens with zero attached hydrogens (tertiary/aromatic N) is 1. The number of ether oxygens (including phenoxy) is 5. The second-order valence-electron chi connectivity index (χ2n) is 17.8. The highest BCUT2D eigenvalue weighted by Gasteiger charge is 2.57. The van der Waals surface area contributed by atoms with Crippen molar-refractivity contribution in [1.29, 1.82) is 0 Å². The zero-order chi connectivity index (χ0) is 44.5. The van der Waals surface area contributed by atoms with Crippen LogP contribution in [0, 0.1) is 29.6 Å². The number of alkyl halides is 1. The van der Waals surface area contributed by atoms with Gasteiger partial charge in [0, 0.05) is 44.9 Å². The van der Waals surface area contributed by atoms with Crippen LogP contribution in [0.15, 0.2) is 35.5 Å². The van der Waals surface area contributed by atoms with Crippen LogP contribution in [0.4, 0.5) is 4.39 Å². The van der Waals surface area contributed by atoms with E-state index in [1.165, 1.54) is 14.2 Å². The van der Waals surface area contributed by atoms with E-state index >= 15 is 4.39 Å². The van der Waals surface area contributed by atoms with Gasteiger partial charge in [-0.2, -0.15) is 0 Å². The van der Waals surface area contributed by atoms with E-state index in [-0.39, 0.29) is 43.9 Å². The maximum absolute atomic E-state index is 16.2. The Morgan fingerprint density at radius 2 is 1.67 bits per heavy atom. The fourth-order valence-corrected chi connectivity index (χ4v) is 9.50. The number of carbonyl (C=O) groups excluding carboxylic acids is 4. The summed E-state index contributed by atoms with van der Waals surface area (Å²) in [5.41, 5.74) is 0.943. The molecule has 1 amide bonds. The van der Waals surface area contributed by atoms with E-state index < -0.39 is 102 Å². The molecule has 0 aromatic carbocycles. The first-order chi connectivity index (χ1) is 28.4. The van der Waals surface area contributed by atoms with Crippen molar-refractivity contribution in [2.45, 2.75) is 173 Å². The Kier molecular flexibility index (Phi) is 18.7. The number of aliphatic hydroxyl groups excluding tert-OH is 2. The van der Waals surface area contributed by atoms with E-state index in [1.807, 2.05) is 32.1 Å². The molecule has 4 rings (SSSR count). The number of ketones is 2. The Labute approximate surface area is 356 Å². The molecule has 15 atom stereocenters. The SMILES string of the molecule is C/C=C/COC1CC(C=C(C)C2OC(=O)C3CCCCN3C(=O)C(=O)C3(O)OC(C(OC)CC(C)C(F)/C(C)=C/C(CC)C(=O)CC(O)C2C)C(OC)CC3C)CCC1O. The lowest BCUT2D eigenvalue weighted by atomic mass is 9.81. The standard InChI is InChI=1S/C46H72FNO12/c1-10-12-19-58-37-24-31(16-17-34(37)49)20-28(5)41-30(7)35(50)25-36(51)32(11-2)21-26(3)40(47)27(4)22-38(56-8)42-39(57-9)23-29(6)46(55,60-42)43(52)44(53)48-18-14-13-15-33(48)45(54)59-41/h10,12,20-21,27,29-35,37-42,49-50,55H,11,13-19,22-25H2,1-9H3/b12-10+,26-21+,28-20?. The third-order valence-electron chi connectivity index (χ3n) is 13.4. The minimum Gasteiger partial charge on any atom is -0.456 e. The van der Waals surface area contributed by atoms with Crippen LogP contribution in [0.3, 0.4) is 0 Å². The third-order valence-corrected chi connectivity index (χ3v) is 13.4. The summed E-state index contributed by atoms with van der Waals surface area (Å²) in [5.74, 6) is -9.16. The van der Waals surface area contributed by atoms with Crippen molar-refractivity contribution in [2.75, 3.05) is 27.4 Å². The normalized spacial score (nSPS) is 41.0. The molecular weight excluding hydrogens is 777 g/mol. The minimum atomic E-state index is -2.61. The number of piperidine rings is 1. The number of Topliss-reactive ketones (excluding diaryl/α,β-unsaturated/α-hetero) is 2. The summed E-state index contributed by atoms with van der Waals surface area (Å²) in [4.78, 5) is 57.8. The van der Waals surface area contributed by atoms with Gasteiger partial charge in [0.1, 0.15) is 30.2 Å². The molecule has 0 radical (unpaired) electrons. The fourth-order valence-electron chi connectivity index (χ4n) is 9.50. The molecule has 4 aliphatic rings. The molecule has 3 N–H and O–H groups in total. The Morgan fingerprint density at radius 3 is 2.32 bits per heavy atom. The number of allylic oxidation sites excluding steroid dienone is 4. The number of fused-ring (bicyclic) bond motifs is 3. The summed E-state index contributed by atoms with van der Waals surface area (Å²) >= 11 is 0. The average molecular weight is 850 g/mol. The van der Waals surface area contributed by atoms with Crippen molar-refractivity contribution in [1.82, 2.24) is 4.90 Å². The molecule has 14 heteroatoms. The van der Waals surface area contributed by atoms with Crippen LogP contribution in [-0.2, 0) is 42.9 Å². The van der Waals surface area contributed by atoms with Gasteiger partial charge in [0.05, 0.1) is 37.1 Å². The summed E-state index contributed by atoms with van der Waals surface area (Å²) in [6.45, 7) is 12.5. The lowest BCUT2D eigenvalue weighted by Gasteiger charge is -2.47. The Hall–Kier alpha value is -2.85. The number of amides is 1. The fraction of sp³-hybridized carbons (Fsp3) is 0.783. The highest BCUT2D eigenvalue weighted by molar-refractivity contribution is 6.39. The smallest absolute Gasteiger partial charge is 0.329 e. The number of hydrogen-bond donors (Lipinski definition) is 3. The number of halogens is 1. The largest absolute Gasteiger partial charge is 0.456 e. The first kappa shape index (κ1) is 49.8. The number of carbonyl (C=O) groups is 4. The van der Waals surface area contributed by atoms with E-state index in [0.29, 0.717) is 56.3 Å². The van der Waals surface area contributed by atoms with Crippen LogP contribution < -0.4 is 0 Å². The second kappa shape index (κ2) is 22.5. The number of hydrogen-bond acceptors (Lipinski definition) is 12. The predicted molar refractivity (Wildman–Crippen MR) is 222 cm³/mol. The van der Waals surface area contributed by atoms with Crippen molar-refractivity contribution in [3.8, 4) is 0 Å². The van der Waals surface area contributed by atoms with E-state index in [9.17, 15) is 34.5 Å². The monoisotopic (exact) mass is 850 g/mol. The second-order valence-corrected chi connectivity index (χ2v) is 17.8. The summed E-state index contributed by atoms with van der Waals surface area (Å²) < 4.78 is 46.2. The molecule has 1 saturated carbocycles. The highest BCUT2D eigenvalue weighted by atomic mass is 19.1. The van der Waals surface area contributed by atoms with Crippen molar-refractivity contribution in [3.63, 3.8) is 0 Å². The van der Waals surface area contributed by atoms with Crippen molar-refractivity contribution in [3.05, 3.63) is 35.5 Å². The molecule has 2 saturated heterocycles.